The summed E-state index contributed by atoms with van der Waals surface area (Å²) in [6.07, 6.45) is 8.32. The zero-order valence-corrected chi connectivity index (χ0v) is 37.6. The first-order valence-corrected chi connectivity index (χ1v) is 23.2. The number of nitrogens with zero attached hydrogens (tertiary/aromatic N) is 2. The maximum absolute atomic E-state index is 13.9. The summed E-state index contributed by atoms with van der Waals surface area (Å²) in [7, 11) is 0. The molecule has 0 radical (unpaired) electrons. The first kappa shape index (κ1) is 40.8. The molecule has 0 saturated carbocycles. The number of hydrogen-bond acceptors (Lipinski definition) is 6. The smallest absolute Gasteiger partial charge is 0.338 e. The van der Waals surface area contributed by atoms with Crippen molar-refractivity contribution in [1.29, 1.82) is 0 Å². The summed E-state index contributed by atoms with van der Waals surface area (Å²) >= 11 is 0. The zero-order chi connectivity index (χ0) is 46.7. The average molecular weight is 905 g/mol. The van der Waals surface area contributed by atoms with Gasteiger partial charge in [-0.25, -0.2) is 19.6 Å². The van der Waals surface area contributed by atoms with E-state index >= 15 is 0 Å². The third kappa shape index (κ3) is 7.18. The summed E-state index contributed by atoms with van der Waals surface area (Å²) in [5.41, 5.74) is 16.3. The number of carbonyl (C=O) groups excluding carboxylic acids is 2. The van der Waals surface area contributed by atoms with E-state index in [-0.39, 0.29) is 13.2 Å². The lowest BCUT2D eigenvalue weighted by atomic mass is 9.95. The van der Waals surface area contributed by atoms with Crippen LogP contribution in [-0.2, 0) is 22.7 Å². The molecule has 0 atom stereocenters. The molecular formula is C62H40N4O4. The van der Waals surface area contributed by atoms with Crippen molar-refractivity contribution in [2.75, 3.05) is 0 Å². The molecule has 3 aromatic heterocycles. The molecule has 2 N–H and O–H groups in total. The Morgan fingerprint density at radius 2 is 0.743 bits per heavy atom. The predicted octanol–water partition coefficient (Wildman–Crippen LogP) is 14.7. The Morgan fingerprint density at radius 3 is 1.16 bits per heavy atom. The third-order valence-corrected chi connectivity index (χ3v) is 13.4. The molecule has 0 saturated heterocycles. The summed E-state index contributed by atoms with van der Waals surface area (Å²) in [4.78, 5) is 46.6. The number of nitrogens with one attached hydrogen (secondary N) is 2. The van der Waals surface area contributed by atoms with Crippen molar-refractivity contribution in [3.8, 4) is 44.5 Å². The fourth-order valence-electron chi connectivity index (χ4n) is 10.0. The van der Waals surface area contributed by atoms with Crippen molar-refractivity contribution < 1.29 is 19.1 Å². The number of esters is 2. The van der Waals surface area contributed by atoms with Gasteiger partial charge in [0, 0.05) is 44.3 Å². The van der Waals surface area contributed by atoms with Crippen LogP contribution < -0.4 is 0 Å². The fraction of sp³-hybridized carbons (Fsp3) is 0.0323. The van der Waals surface area contributed by atoms with Crippen LogP contribution in [0.25, 0.3) is 112 Å². The molecule has 10 aromatic rings. The van der Waals surface area contributed by atoms with Gasteiger partial charge in [-0.15, -0.1) is 0 Å². The Morgan fingerprint density at radius 1 is 0.357 bits per heavy atom. The van der Waals surface area contributed by atoms with Crippen molar-refractivity contribution in [3.63, 3.8) is 0 Å². The highest BCUT2D eigenvalue weighted by Gasteiger charge is 2.22. The number of aromatic nitrogens is 4. The van der Waals surface area contributed by atoms with E-state index in [2.05, 4.69) is 107 Å². The molecule has 8 nitrogen and oxygen atoms in total. The molecule has 0 fully saturated rings. The molecule has 16 bridgehead atoms. The summed E-state index contributed by atoms with van der Waals surface area (Å²) in [5, 5.41) is 3.67. The largest absolute Gasteiger partial charge is 0.457 e. The van der Waals surface area contributed by atoms with E-state index in [0.29, 0.717) is 11.1 Å². The van der Waals surface area contributed by atoms with Gasteiger partial charge in [-0.2, -0.15) is 0 Å². The Kier molecular flexibility index (Phi) is 9.76. The number of rotatable bonds is 2. The maximum Gasteiger partial charge on any atom is 0.338 e. The number of benzene rings is 7. The predicted molar refractivity (Wildman–Crippen MR) is 280 cm³/mol. The molecule has 6 aliphatic heterocycles. The molecule has 8 heteroatoms. The molecule has 7 aromatic carbocycles. The summed E-state index contributed by atoms with van der Waals surface area (Å²) in [6.45, 7) is 0.143. The van der Waals surface area contributed by atoms with Crippen LogP contribution in [0.2, 0.25) is 0 Å². The molecule has 0 amide bonds. The second-order valence-corrected chi connectivity index (χ2v) is 17.7. The van der Waals surface area contributed by atoms with Crippen LogP contribution >= 0.6 is 0 Å². The topological polar surface area (TPSA) is 110 Å². The van der Waals surface area contributed by atoms with Gasteiger partial charge in [0.05, 0.1) is 33.9 Å². The number of aromatic amines is 2. The molecule has 0 spiro atoms. The standard InChI is InChI=1S/C62H40N4O4/c67-61-43-23-21-39-13-7-15-45(47(39)33-43)59-53-29-25-49(63-53)57(41-9-3-1-4-10-41)50-26-30-54(64-50)60(56-32-28-52(66-56)58(42-11-5-2-6-12-42)51-27-31-55(59)65-51)46-16-8-14-40-22-24-44(34-48(40)46)62(68)70-36-38-19-17-37(18-20-38)35-69-61/h1-34,63,66H,35-36H2. The molecule has 0 unspecified atom stereocenters. The Balaban J connectivity index is 1.18. The fourth-order valence-corrected chi connectivity index (χ4v) is 10.0. The van der Waals surface area contributed by atoms with Gasteiger partial charge in [0.1, 0.15) is 13.2 Å². The van der Waals surface area contributed by atoms with Gasteiger partial charge in [0.25, 0.3) is 0 Å². The van der Waals surface area contributed by atoms with Gasteiger partial charge in [0.2, 0.25) is 0 Å². The summed E-state index contributed by atoms with van der Waals surface area (Å²) in [5.74, 6) is -0.887. The lowest BCUT2D eigenvalue weighted by Crippen LogP contribution is -2.06. The lowest BCUT2D eigenvalue weighted by molar-refractivity contribution is 0.0460. The Bertz CT molecular complexity index is 3770. The molecule has 332 valence electrons. The van der Waals surface area contributed by atoms with Gasteiger partial charge in [0.15, 0.2) is 0 Å². The minimum atomic E-state index is -0.444. The Labute approximate surface area is 401 Å². The lowest BCUT2D eigenvalue weighted by Gasteiger charge is -2.11. The first-order valence-electron chi connectivity index (χ1n) is 23.2. The van der Waals surface area contributed by atoms with Crippen LogP contribution in [0.1, 0.15) is 54.6 Å². The molecule has 0 aliphatic carbocycles. The van der Waals surface area contributed by atoms with Gasteiger partial charge < -0.3 is 19.4 Å². The number of ether oxygens (including phenoxy) is 2. The Hall–Kier alpha value is -9.40. The first-order chi connectivity index (χ1) is 34.5. The van der Waals surface area contributed by atoms with E-state index in [9.17, 15) is 9.59 Å². The minimum absolute atomic E-state index is 0.0716. The van der Waals surface area contributed by atoms with E-state index in [1.807, 2.05) is 109 Å². The van der Waals surface area contributed by atoms with Crippen molar-refractivity contribution in [3.05, 3.63) is 227 Å². The monoisotopic (exact) mass is 904 g/mol. The van der Waals surface area contributed by atoms with E-state index in [1.54, 1.807) is 0 Å². The van der Waals surface area contributed by atoms with Crippen LogP contribution in [0.15, 0.2) is 182 Å². The van der Waals surface area contributed by atoms with Gasteiger partial charge in [-0.1, -0.05) is 133 Å². The van der Waals surface area contributed by atoms with Gasteiger partial charge in [-0.05, 0) is 128 Å². The number of H-pyrrole nitrogens is 2. The molecule has 16 rings (SSSR count). The van der Waals surface area contributed by atoms with Gasteiger partial charge >= 0.3 is 11.9 Å². The highest BCUT2D eigenvalue weighted by Crippen LogP contribution is 2.41. The van der Waals surface area contributed by atoms with Crippen LogP contribution in [0.5, 0.6) is 0 Å². The molecular weight excluding hydrogens is 865 g/mol. The number of carbonyl (C=O) groups is 2. The van der Waals surface area contributed by atoms with E-state index in [0.717, 1.165) is 122 Å². The second kappa shape index (κ2) is 16.7. The highest BCUT2D eigenvalue weighted by atomic mass is 16.5. The van der Waals surface area contributed by atoms with Crippen molar-refractivity contribution >= 4 is 79.9 Å². The average Bonchev–Trinajstić information content (AvgIpc) is 4.27. The summed E-state index contributed by atoms with van der Waals surface area (Å²) in [6, 6.07) is 60.4. The maximum atomic E-state index is 13.9. The minimum Gasteiger partial charge on any atom is -0.457 e. The SMILES string of the molecule is O=C1OCc2ccc(cc2)COC(=O)c2ccc3cccc(c3c2)-c2c3nc(c(-c4ccccc4)c4ccc([nH]4)c(c4nc(c(-c5ccccc5)c5ccc2[nH]5)C=C4)-c2cccc4ccc1cc24)C=C3. The van der Waals surface area contributed by atoms with E-state index in [1.165, 1.54) is 0 Å². The zero-order valence-electron chi connectivity index (χ0n) is 37.6. The van der Waals surface area contributed by atoms with Crippen molar-refractivity contribution in [2.45, 2.75) is 13.2 Å². The third-order valence-electron chi connectivity index (χ3n) is 13.4. The van der Waals surface area contributed by atoms with Gasteiger partial charge in [-0.3, -0.25) is 0 Å². The van der Waals surface area contributed by atoms with E-state index < -0.39 is 11.9 Å². The normalized spacial score (nSPS) is 13.2. The van der Waals surface area contributed by atoms with E-state index in [4.69, 9.17) is 19.4 Å². The number of hydrogen-bond donors (Lipinski definition) is 2. The van der Waals surface area contributed by atoms with Crippen molar-refractivity contribution in [2.24, 2.45) is 0 Å². The quantitative estimate of drug-likeness (QED) is 0.167. The molecule has 9 heterocycles. The van der Waals surface area contributed by atoms with Crippen LogP contribution in [0, 0.1) is 0 Å². The highest BCUT2D eigenvalue weighted by molar-refractivity contribution is 6.09. The van der Waals surface area contributed by atoms with Crippen LogP contribution in [0.4, 0.5) is 0 Å². The van der Waals surface area contributed by atoms with Crippen molar-refractivity contribution in [1.82, 2.24) is 19.9 Å². The summed E-state index contributed by atoms with van der Waals surface area (Å²) < 4.78 is 11.9. The second-order valence-electron chi connectivity index (χ2n) is 17.7. The van der Waals surface area contributed by atoms with Crippen LogP contribution in [0.3, 0.4) is 0 Å². The molecule has 6 aliphatic rings. The molecule has 70 heavy (non-hydrogen) atoms. The van der Waals surface area contributed by atoms with Crippen LogP contribution in [-0.4, -0.2) is 31.9 Å².